The third-order valence-corrected chi connectivity index (χ3v) is 5.11. The van der Waals surface area contributed by atoms with Crippen LogP contribution in [0, 0.1) is 0 Å². The summed E-state index contributed by atoms with van der Waals surface area (Å²) in [4.78, 5) is 12.0. The van der Waals surface area contributed by atoms with Gasteiger partial charge in [0, 0.05) is 13.0 Å². The second-order valence-corrected chi connectivity index (χ2v) is 7.30. The highest BCUT2D eigenvalue weighted by molar-refractivity contribution is 5.86. The molecular weight excluding hydrogens is 388 g/mol. The van der Waals surface area contributed by atoms with Gasteiger partial charge in [0.05, 0.1) is 6.61 Å². The van der Waals surface area contributed by atoms with Crippen LogP contribution in [-0.4, -0.2) is 31.9 Å². The van der Waals surface area contributed by atoms with Crippen molar-refractivity contribution in [1.82, 2.24) is 0 Å². The van der Waals surface area contributed by atoms with Gasteiger partial charge in [0.2, 0.25) is 0 Å². The molecule has 0 spiro atoms. The highest BCUT2D eigenvalue weighted by atomic mass is 16.6. The monoisotopic (exact) mass is 418 g/mol. The van der Waals surface area contributed by atoms with Crippen LogP contribution in [0.4, 0.5) is 0 Å². The lowest BCUT2D eigenvalue weighted by Gasteiger charge is -2.15. The molecule has 3 rings (SSSR count). The lowest BCUT2D eigenvalue weighted by molar-refractivity contribution is -0.156. The van der Waals surface area contributed by atoms with E-state index in [1.807, 2.05) is 31.2 Å². The summed E-state index contributed by atoms with van der Waals surface area (Å²) in [6, 6.07) is 22.6. The van der Waals surface area contributed by atoms with Crippen molar-refractivity contribution < 1.29 is 19.0 Å². The largest absolute Gasteiger partial charge is 0.490 e. The number of rotatable bonds is 10. The number of benzene rings is 3. The van der Waals surface area contributed by atoms with E-state index in [0.717, 1.165) is 11.3 Å². The molecule has 0 heterocycles. The van der Waals surface area contributed by atoms with E-state index in [-0.39, 0.29) is 5.97 Å². The maximum absolute atomic E-state index is 12.0. The topological polar surface area (TPSA) is 44.8 Å². The molecule has 4 heteroatoms. The van der Waals surface area contributed by atoms with Gasteiger partial charge in [-0.1, -0.05) is 48.5 Å². The molecule has 0 saturated heterocycles. The number of hydrogen-bond donors (Lipinski definition) is 0. The van der Waals surface area contributed by atoms with E-state index in [4.69, 9.17) is 14.2 Å². The minimum atomic E-state index is -0.579. The molecule has 0 amide bonds. The van der Waals surface area contributed by atoms with Gasteiger partial charge in [-0.25, -0.2) is 4.79 Å². The summed E-state index contributed by atoms with van der Waals surface area (Å²) in [6.07, 6.45) is 1.99. The summed E-state index contributed by atoms with van der Waals surface area (Å²) < 4.78 is 16.5. The zero-order valence-corrected chi connectivity index (χ0v) is 18.5. The molecule has 0 aliphatic carbocycles. The van der Waals surface area contributed by atoms with Gasteiger partial charge in [0.1, 0.15) is 12.4 Å². The molecule has 3 aromatic rings. The van der Waals surface area contributed by atoms with Crippen LogP contribution in [0.2, 0.25) is 0 Å². The van der Waals surface area contributed by atoms with Crippen molar-refractivity contribution in [2.24, 2.45) is 0 Å². The molecule has 0 aliphatic rings. The van der Waals surface area contributed by atoms with E-state index in [1.54, 1.807) is 6.92 Å². The first-order valence-corrected chi connectivity index (χ1v) is 10.8. The molecule has 0 bridgehead atoms. The Bertz CT molecular complexity index is 1020. The van der Waals surface area contributed by atoms with Crippen molar-refractivity contribution in [2.45, 2.75) is 33.3 Å². The third-order valence-electron chi connectivity index (χ3n) is 5.11. The fraction of sp³-hybridized carbons (Fsp3) is 0.296. The Labute approximate surface area is 184 Å². The van der Waals surface area contributed by atoms with Crippen LogP contribution >= 0.6 is 0 Å². The molecule has 1 atom stereocenters. The van der Waals surface area contributed by atoms with Gasteiger partial charge in [-0.15, -0.1) is 0 Å². The van der Waals surface area contributed by atoms with Gasteiger partial charge < -0.3 is 14.2 Å². The molecule has 0 aliphatic heterocycles. The summed E-state index contributed by atoms with van der Waals surface area (Å²) in [6.45, 7) is 7.07. The summed E-state index contributed by atoms with van der Waals surface area (Å²) in [5.74, 6) is 0.467. The van der Waals surface area contributed by atoms with Crippen LogP contribution in [0.1, 0.15) is 31.9 Å². The van der Waals surface area contributed by atoms with Crippen molar-refractivity contribution in [3.05, 3.63) is 83.9 Å². The van der Waals surface area contributed by atoms with E-state index in [9.17, 15) is 4.79 Å². The van der Waals surface area contributed by atoms with Crippen molar-refractivity contribution in [1.29, 1.82) is 0 Å². The second kappa shape index (κ2) is 11.3. The second-order valence-electron chi connectivity index (χ2n) is 7.30. The molecule has 0 saturated carbocycles. The Kier molecular flexibility index (Phi) is 8.25. The molecule has 1 unspecified atom stereocenters. The molecule has 4 nitrogen and oxygen atoms in total. The Morgan fingerprint density at radius 1 is 0.935 bits per heavy atom. The van der Waals surface area contributed by atoms with E-state index in [2.05, 4.69) is 55.5 Å². The predicted octanol–water partition coefficient (Wildman–Crippen LogP) is 5.83. The van der Waals surface area contributed by atoms with Crippen LogP contribution in [0.3, 0.4) is 0 Å². The normalized spacial score (nSPS) is 12.5. The number of hydrogen-bond acceptors (Lipinski definition) is 4. The zero-order chi connectivity index (χ0) is 22.1. The van der Waals surface area contributed by atoms with Crippen molar-refractivity contribution >= 4 is 22.3 Å². The molecule has 0 N–H and O–H groups in total. The fourth-order valence-electron chi connectivity index (χ4n) is 3.40. The minimum absolute atomic E-state index is 0.320. The van der Waals surface area contributed by atoms with Crippen molar-refractivity contribution in [2.75, 3.05) is 19.8 Å². The highest BCUT2D eigenvalue weighted by Gasteiger charge is 2.20. The number of carbonyl (C=O) groups is 1. The first-order valence-electron chi connectivity index (χ1n) is 10.8. The van der Waals surface area contributed by atoms with Gasteiger partial charge in [0.15, 0.2) is 6.10 Å². The summed E-state index contributed by atoms with van der Waals surface area (Å²) in [5, 5.41) is 2.47. The number of allylic oxidation sites excluding steroid dienone is 1. The zero-order valence-electron chi connectivity index (χ0n) is 18.5. The van der Waals surface area contributed by atoms with Crippen LogP contribution in [-0.2, 0) is 20.7 Å². The lowest BCUT2D eigenvalue weighted by atomic mass is 10.0. The van der Waals surface area contributed by atoms with E-state index in [1.165, 1.54) is 21.9 Å². The van der Waals surface area contributed by atoms with E-state index in [0.29, 0.717) is 26.2 Å². The predicted molar refractivity (Wildman–Crippen MR) is 125 cm³/mol. The number of fused-ring (bicyclic) bond motifs is 1. The Morgan fingerprint density at radius 2 is 1.68 bits per heavy atom. The molecule has 0 fully saturated rings. The highest BCUT2D eigenvalue weighted by Crippen LogP contribution is 2.21. The Hall–Kier alpha value is -3.11. The minimum Gasteiger partial charge on any atom is -0.490 e. The summed E-state index contributed by atoms with van der Waals surface area (Å²) in [7, 11) is 0. The molecule has 0 aromatic heterocycles. The SMILES string of the molecule is CCOC(=O)C(Cc1ccc(OCC=C(C)c2ccc3ccccc3c2)cc1)OCC. The standard InChI is InChI=1S/C27H30O4/c1-4-29-26(27(28)30-5-2)18-21-10-14-25(15-11-21)31-17-16-20(3)23-13-12-22-8-6-7-9-24(22)19-23/h6-16,19,26H,4-5,17-18H2,1-3H3. The molecular formula is C27H30O4. The maximum atomic E-state index is 12.0. The van der Waals surface area contributed by atoms with Crippen LogP contribution in [0.15, 0.2) is 72.8 Å². The molecule has 31 heavy (non-hydrogen) atoms. The maximum Gasteiger partial charge on any atom is 0.335 e. The molecule has 162 valence electrons. The van der Waals surface area contributed by atoms with Crippen LogP contribution < -0.4 is 4.74 Å². The summed E-state index contributed by atoms with van der Waals surface area (Å²) in [5.41, 5.74) is 3.37. The average molecular weight is 419 g/mol. The first kappa shape index (κ1) is 22.6. The third kappa shape index (κ3) is 6.43. The fourth-order valence-corrected chi connectivity index (χ4v) is 3.40. The van der Waals surface area contributed by atoms with Gasteiger partial charge >= 0.3 is 5.97 Å². The van der Waals surface area contributed by atoms with E-state index < -0.39 is 6.10 Å². The van der Waals surface area contributed by atoms with E-state index >= 15 is 0 Å². The van der Waals surface area contributed by atoms with Crippen molar-refractivity contribution in [3.8, 4) is 5.75 Å². The molecule has 3 aromatic carbocycles. The van der Waals surface area contributed by atoms with Gasteiger partial charge in [-0.3, -0.25) is 0 Å². The van der Waals surface area contributed by atoms with Crippen molar-refractivity contribution in [3.63, 3.8) is 0 Å². The smallest absolute Gasteiger partial charge is 0.335 e. The Morgan fingerprint density at radius 3 is 2.39 bits per heavy atom. The average Bonchev–Trinajstić information content (AvgIpc) is 2.79. The van der Waals surface area contributed by atoms with Crippen LogP contribution in [0.25, 0.3) is 16.3 Å². The quantitative estimate of drug-likeness (QED) is 0.389. The number of ether oxygens (including phenoxy) is 3. The lowest BCUT2D eigenvalue weighted by Crippen LogP contribution is -2.28. The number of carbonyl (C=O) groups excluding carboxylic acids is 1. The van der Waals surface area contributed by atoms with Gasteiger partial charge in [-0.2, -0.15) is 0 Å². The first-order chi connectivity index (χ1) is 15.1. The van der Waals surface area contributed by atoms with Gasteiger partial charge in [-0.05, 0) is 72.5 Å². The number of esters is 1. The summed E-state index contributed by atoms with van der Waals surface area (Å²) >= 11 is 0. The van der Waals surface area contributed by atoms with Gasteiger partial charge in [0.25, 0.3) is 0 Å². The Balaban J connectivity index is 1.57. The van der Waals surface area contributed by atoms with Crippen LogP contribution in [0.5, 0.6) is 5.75 Å². The molecule has 0 radical (unpaired) electrons.